The quantitative estimate of drug-likeness (QED) is 0.145. The first-order valence-electron chi connectivity index (χ1n) is 18.4. The summed E-state index contributed by atoms with van der Waals surface area (Å²) in [6.07, 6.45) is 6.82. The normalized spacial score (nSPS) is 29.8. The standard InChI is InChI=1S/C43H48N2O4S/c1-28-39(27-50-37-8-3-2-4-9-37)48-41(49-40(28)34-13-11-29(26-46)12-14-34)35-17-15-33(16-18-35)38-10-6-5-7-36(38)25-44-42(47)45-43-22-30-19-31(23-43)21-32(20-30)24-43/h2-18,28,30-32,39-41,46H,19-27H2,1H3,(H2,44,45,47)/t28-,30?,31?,32?,39+,40+,41+,43?/m0/s1. The highest BCUT2D eigenvalue weighted by molar-refractivity contribution is 7.99. The second-order valence-electron chi connectivity index (χ2n) is 15.2. The fourth-order valence-corrected chi connectivity index (χ4v) is 10.6. The van der Waals surface area contributed by atoms with Gasteiger partial charge in [-0.1, -0.05) is 97.9 Å². The van der Waals surface area contributed by atoms with Crippen LogP contribution in [0.4, 0.5) is 4.79 Å². The molecule has 1 saturated heterocycles. The summed E-state index contributed by atoms with van der Waals surface area (Å²) in [7, 11) is 0. The molecule has 0 spiro atoms. The number of aliphatic hydroxyl groups excluding tert-OH is 1. The lowest BCUT2D eigenvalue weighted by atomic mass is 9.53. The molecule has 4 aliphatic carbocycles. The second kappa shape index (κ2) is 14.5. The van der Waals surface area contributed by atoms with Gasteiger partial charge in [-0.2, -0.15) is 0 Å². The van der Waals surface area contributed by atoms with Gasteiger partial charge in [0.2, 0.25) is 0 Å². The summed E-state index contributed by atoms with van der Waals surface area (Å²) in [5, 5.41) is 16.3. The van der Waals surface area contributed by atoms with E-state index in [4.69, 9.17) is 9.47 Å². The molecule has 4 aromatic carbocycles. The van der Waals surface area contributed by atoms with Gasteiger partial charge in [0, 0.05) is 34.2 Å². The largest absolute Gasteiger partial charge is 0.392 e. The van der Waals surface area contributed by atoms with Crippen LogP contribution in [0.2, 0.25) is 0 Å². The smallest absolute Gasteiger partial charge is 0.315 e. The highest BCUT2D eigenvalue weighted by Crippen LogP contribution is 2.55. The maximum absolute atomic E-state index is 13.2. The number of hydrogen-bond acceptors (Lipinski definition) is 5. The number of aliphatic hydroxyl groups is 1. The molecule has 9 rings (SSSR count). The van der Waals surface area contributed by atoms with Crippen molar-refractivity contribution in [2.24, 2.45) is 23.7 Å². The summed E-state index contributed by atoms with van der Waals surface area (Å²) in [5.41, 5.74) is 6.22. The molecule has 4 aromatic rings. The Labute approximate surface area is 300 Å². The van der Waals surface area contributed by atoms with Crippen molar-refractivity contribution in [3.63, 3.8) is 0 Å². The van der Waals surface area contributed by atoms with Gasteiger partial charge in [0.15, 0.2) is 6.29 Å². The van der Waals surface area contributed by atoms with E-state index in [0.717, 1.165) is 76.1 Å². The zero-order valence-corrected chi connectivity index (χ0v) is 29.6. The number of carbonyl (C=O) groups excluding carboxylic acids is 1. The molecule has 3 N–H and O–H groups in total. The van der Waals surface area contributed by atoms with Gasteiger partial charge in [0.1, 0.15) is 0 Å². The SMILES string of the molecule is C[C@H]1[C@@H](CSc2ccccc2)O[C@@H](c2ccc(-c3ccccc3CNC(=O)NC34CC5CC(CC(C5)C3)C4)cc2)O[C@H]1c1ccc(CO)cc1. The molecule has 260 valence electrons. The van der Waals surface area contributed by atoms with Gasteiger partial charge in [0.25, 0.3) is 0 Å². The molecule has 6 nitrogen and oxygen atoms in total. The van der Waals surface area contributed by atoms with Crippen LogP contribution in [0.5, 0.6) is 0 Å². The Hall–Kier alpha value is -3.62. The molecule has 4 saturated carbocycles. The van der Waals surface area contributed by atoms with Crippen LogP contribution in [0.3, 0.4) is 0 Å². The molecule has 7 heteroatoms. The number of benzene rings is 4. The molecule has 5 fully saturated rings. The number of ether oxygens (including phenoxy) is 2. The molecule has 1 aliphatic heterocycles. The van der Waals surface area contributed by atoms with Crippen molar-refractivity contribution in [1.82, 2.24) is 10.6 Å². The first kappa shape index (κ1) is 33.5. The van der Waals surface area contributed by atoms with E-state index >= 15 is 0 Å². The van der Waals surface area contributed by atoms with Crippen molar-refractivity contribution in [3.8, 4) is 11.1 Å². The zero-order valence-electron chi connectivity index (χ0n) is 28.8. The summed E-state index contributed by atoms with van der Waals surface area (Å²) in [6, 6.07) is 35.3. The molecule has 1 heterocycles. The molecule has 0 radical (unpaired) electrons. The van der Waals surface area contributed by atoms with Crippen LogP contribution in [0.25, 0.3) is 11.1 Å². The predicted molar refractivity (Wildman–Crippen MR) is 198 cm³/mol. The molecule has 0 unspecified atom stereocenters. The van der Waals surface area contributed by atoms with Crippen LogP contribution in [0.1, 0.15) is 80.1 Å². The minimum absolute atomic E-state index is 0.00360. The van der Waals surface area contributed by atoms with Gasteiger partial charge in [-0.3, -0.25) is 0 Å². The van der Waals surface area contributed by atoms with Crippen molar-refractivity contribution in [3.05, 3.63) is 125 Å². The third-order valence-corrected chi connectivity index (χ3v) is 12.7. The van der Waals surface area contributed by atoms with E-state index in [2.05, 4.69) is 96.4 Å². The maximum Gasteiger partial charge on any atom is 0.315 e. The monoisotopic (exact) mass is 688 g/mol. The summed E-state index contributed by atoms with van der Waals surface area (Å²) < 4.78 is 13.4. The summed E-state index contributed by atoms with van der Waals surface area (Å²) in [6.45, 7) is 2.69. The summed E-state index contributed by atoms with van der Waals surface area (Å²) >= 11 is 1.81. The van der Waals surface area contributed by atoms with Crippen LogP contribution < -0.4 is 10.6 Å². The molecular weight excluding hydrogens is 641 g/mol. The average molecular weight is 689 g/mol. The van der Waals surface area contributed by atoms with Crippen LogP contribution in [0.15, 0.2) is 108 Å². The van der Waals surface area contributed by atoms with E-state index in [1.54, 1.807) is 11.8 Å². The van der Waals surface area contributed by atoms with Crippen molar-refractivity contribution < 1.29 is 19.4 Å². The second-order valence-corrected chi connectivity index (χ2v) is 16.3. The topological polar surface area (TPSA) is 79.8 Å². The molecule has 0 aromatic heterocycles. The third-order valence-electron chi connectivity index (χ3n) is 11.6. The highest BCUT2D eigenvalue weighted by atomic mass is 32.2. The van der Waals surface area contributed by atoms with Gasteiger partial charge in [-0.15, -0.1) is 11.8 Å². The van der Waals surface area contributed by atoms with Gasteiger partial charge in [-0.25, -0.2) is 4.79 Å². The maximum atomic E-state index is 13.2. The van der Waals surface area contributed by atoms with Crippen molar-refractivity contribution in [2.45, 2.75) is 87.5 Å². The number of thioether (sulfide) groups is 1. The number of hydrogen-bond donors (Lipinski definition) is 3. The Kier molecular flexibility index (Phi) is 9.75. The number of rotatable bonds is 10. The van der Waals surface area contributed by atoms with Gasteiger partial charge < -0.3 is 25.2 Å². The van der Waals surface area contributed by atoms with E-state index in [1.165, 1.54) is 24.2 Å². The fraction of sp³-hybridized carbons (Fsp3) is 0.419. The molecule has 5 aliphatic rings. The zero-order chi connectivity index (χ0) is 34.1. The van der Waals surface area contributed by atoms with E-state index in [1.807, 2.05) is 24.3 Å². The molecular formula is C43H48N2O4S. The van der Waals surface area contributed by atoms with E-state index in [0.29, 0.717) is 6.54 Å². The van der Waals surface area contributed by atoms with Crippen molar-refractivity contribution in [1.29, 1.82) is 0 Å². The molecule has 50 heavy (non-hydrogen) atoms. The van der Waals surface area contributed by atoms with Crippen molar-refractivity contribution in [2.75, 3.05) is 5.75 Å². The molecule has 4 bridgehead atoms. The number of carbonyl (C=O) groups is 1. The first-order chi connectivity index (χ1) is 24.4. The summed E-state index contributed by atoms with van der Waals surface area (Å²) in [5.74, 6) is 3.32. The third kappa shape index (κ3) is 7.24. The van der Waals surface area contributed by atoms with Gasteiger partial charge in [0.05, 0.1) is 18.8 Å². The Balaban J connectivity index is 0.962. The van der Waals surface area contributed by atoms with Crippen LogP contribution in [0, 0.1) is 23.7 Å². The van der Waals surface area contributed by atoms with Crippen LogP contribution >= 0.6 is 11.8 Å². The first-order valence-corrected chi connectivity index (χ1v) is 19.3. The summed E-state index contributed by atoms with van der Waals surface area (Å²) in [4.78, 5) is 14.5. The number of nitrogens with one attached hydrogen (secondary N) is 2. The lowest BCUT2D eigenvalue weighted by Crippen LogP contribution is -2.61. The Morgan fingerprint density at radius 2 is 1.44 bits per heavy atom. The van der Waals surface area contributed by atoms with Crippen molar-refractivity contribution >= 4 is 17.8 Å². The Morgan fingerprint density at radius 1 is 0.800 bits per heavy atom. The highest BCUT2D eigenvalue weighted by Gasteiger charge is 2.51. The van der Waals surface area contributed by atoms with Crippen LogP contribution in [-0.2, 0) is 22.6 Å². The molecule has 2 amide bonds. The minimum Gasteiger partial charge on any atom is -0.392 e. The van der Waals surface area contributed by atoms with E-state index < -0.39 is 6.29 Å². The van der Waals surface area contributed by atoms with Gasteiger partial charge in [-0.05, 0) is 96.2 Å². The molecule has 4 atom stereocenters. The Bertz CT molecular complexity index is 1730. The lowest BCUT2D eigenvalue weighted by Gasteiger charge is -2.56. The lowest BCUT2D eigenvalue weighted by molar-refractivity contribution is -0.268. The van der Waals surface area contributed by atoms with Gasteiger partial charge >= 0.3 is 6.03 Å². The Morgan fingerprint density at radius 3 is 2.12 bits per heavy atom. The number of amides is 2. The van der Waals surface area contributed by atoms with E-state index in [9.17, 15) is 9.90 Å². The van der Waals surface area contributed by atoms with Crippen LogP contribution in [-0.4, -0.2) is 28.5 Å². The number of urea groups is 1. The average Bonchev–Trinajstić information content (AvgIpc) is 3.13. The minimum atomic E-state index is -0.519. The predicted octanol–water partition coefficient (Wildman–Crippen LogP) is 9.20. The fourth-order valence-electron chi connectivity index (χ4n) is 9.51. The van der Waals surface area contributed by atoms with E-state index in [-0.39, 0.29) is 36.3 Å².